The molecule has 0 unspecified atom stereocenters. The highest BCUT2D eigenvalue weighted by Gasteiger charge is 2.25. The topological polar surface area (TPSA) is 49.4 Å². The zero-order chi connectivity index (χ0) is 13.0. The standard InChI is InChI=1S/C14H16N2O2/c1-2-8-15-13(17)10-14(18)16-9-7-11-5-3-4-6-12(11)16/h2-6H,1,7-10H2,(H,15,17). The van der Waals surface area contributed by atoms with Crippen molar-refractivity contribution < 1.29 is 9.59 Å². The number of fused-ring (bicyclic) bond motifs is 1. The molecule has 2 amide bonds. The fraction of sp³-hybridized carbons (Fsp3) is 0.286. The van der Waals surface area contributed by atoms with Crippen LogP contribution in [-0.2, 0) is 16.0 Å². The molecule has 0 radical (unpaired) electrons. The number of hydrogen-bond donors (Lipinski definition) is 1. The number of carbonyl (C=O) groups is 2. The van der Waals surface area contributed by atoms with Crippen molar-refractivity contribution in [3.63, 3.8) is 0 Å². The van der Waals surface area contributed by atoms with Crippen LogP contribution in [-0.4, -0.2) is 24.9 Å². The van der Waals surface area contributed by atoms with E-state index >= 15 is 0 Å². The summed E-state index contributed by atoms with van der Waals surface area (Å²) in [6, 6.07) is 7.80. The number of benzene rings is 1. The highest BCUT2D eigenvalue weighted by molar-refractivity contribution is 6.05. The average molecular weight is 244 g/mol. The first-order valence-corrected chi connectivity index (χ1v) is 5.98. The number of carbonyl (C=O) groups excluding carboxylic acids is 2. The summed E-state index contributed by atoms with van der Waals surface area (Å²) in [5, 5.41) is 2.61. The second-order valence-electron chi connectivity index (χ2n) is 4.19. The molecule has 0 aromatic heterocycles. The third-order valence-corrected chi connectivity index (χ3v) is 2.94. The van der Waals surface area contributed by atoms with Gasteiger partial charge in [0.25, 0.3) is 0 Å². The number of rotatable bonds is 4. The van der Waals surface area contributed by atoms with E-state index in [9.17, 15) is 9.59 Å². The van der Waals surface area contributed by atoms with E-state index in [1.165, 1.54) is 0 Å². The molecule has 1 aliphatic heterocycles. The summed E-state index contributed by atoms with van der Waals surface area (Å²) in [5.74, 6) is -0.411. The van der Waals surface area contributed by atoms with Crippen molar-refractivity contribution in [2.75, 3.05) is 18.0 Å². The Bertz CT molecular complexity index is 482. The van der Waals surface area contributed by atoms with Crippen LogP contribution >= 0.6 is 0 Å². The van der Waals surface area contributed by atoms with Gasteiger partial charge >= 0.3 is 0 Å². The van der Waals surface area contributed by atoms with Crippen molar-refractivity contribution in [1.82, 2.24) is 5.32 Å². The van der Waals surface area contributed by atoms with E-state index in [4.69, 9.17) is 0 Å². The number of nitrogens with one attached hydrogen (secondary N) is 1. The van der Waals surface area contributed by atoms with Gasteiger partial charge in [0.1, 0.15) is 6.42 Å². The molecule has 0 saturated heterocycles. The Labute approximate surface area is 106 Å². The third-order valence-electron chi connectivity index (χ3n) is 2.94. The van der Waals surface area contributed by atoms with Crippen molar-refractivity contribution >= 4 is 17.5 Å². The molecule has 0 aliphatic carbocycles. The largest absolute Gasteiger partial charge is 0.352 e. The first kappa shape index (κ1) is 12.4. The molecule has 0 saturated carbocycles. The van der Waals surface area contributed by atoms with Crippen LogP contribution in [0.4, 0.5) is 5.69 Å². The zero-order valence-corrected chi connectivity index (χ0v) is 10.2. The van der Waals surface area contributed by atoms with Gasteiger partial charge in [-0.05, 0) is 18.1 Å². The fourth-order valence-electron chi connectivity index (χ4n) is 2.08. The zero-order valence-electron chi connectivity index (χ0n) is 10.2. The van der Waals surface area contributed by atoms with Gasteiger partial charge < -0.3 is 10.2 Å². The van der Waals surface area contributed by atoms with Crippen LogP contribution in [0.15, 0.2) is 36.9 Å². The summed E-state index contributed by atoms with van der Waals surface area (Å²) < 4.78 is 0. The summed E-state index contributed by atoms with van der Waals surface area (Å²) in [6.45, 7) is 4.56. The van der Waals surface area contributed by atoms with Gasteiger partial charge in [0.2, 0.25) is 11.8 Å². The Morgan fingerprint density at radius 1 is 1.39 bits per heavy atom. The molecule has 0 atom stereocenters. The molecule has 2 rings (SSSR count). The lowest BCUT2D eigenvalue weighted by molar-refractivity contribution is -0.127. The third kappa shape index (κ3) is 2.59. The van der Waals surface area contributed by atoms with Crippen LogP contribution in [0.2, 0.25) is 0 Å². The molecule has 18 heavy (non-hydrogen) atoms. The van der Waals surface area contributed by atoms with E-state index < -0.39 is 0 Å². The Kier molecular flexibility index (Phi) is 3.77. The number of amides is 2. The van der Waals surface area contributed by atoms with E-state index in [-0.39, 0.29) is 18.2 Å². The summed E-state index contributed by atoms with van der Waals surface area (Å²) >= 11 is 0. The quantitative estimate of drug-likeness (QED) is 0.640. The molecule has 94 valence electrons. The second-order valence-corrected chi connectivity index (χ2v) is 4.19. The van der Waals surface area contributed by atoms with Crippen molar-refractivity contribution in [3.05, 3.63) is 42.5 Å². The van der Waals surface area contributed by atoms with Crippen LogP contribution in [0, 0.1) is 0 Å². The van der Waals surface area contributed by atoms with Gasteiger partial charge in [-0.1, -0.05) is 24.3 Å². The highest BCUT2D eigenvalue weighted by atomic mass is 16.2. The van der Waals surface area contributed by atoms with Crippen LogP contribution in [0.25, 0.3) is 0 Å². The summed E-state index contributed by atoms with van der Waals surface area (Å²) in [7, 11) is 0. The Morgan fingerprint density at radius 3 is 2.94 bits per heavy atom. The number of hydrogen-bond acceptors (Lipinski definition) is 2. The van der Waals surface area contributed by atoms with Gasteiger partial charge in [0.15, 0.2) is 0 Å². The minimum Gasteiger partial charge on any atom is -0.352 e. The van der Waals surface area contributed by atoms with E-state index in [0.717, 1.165) is 17.7 Å². The first-order chi connectivity index (χ1) is 8.72. The number of anilines is 1. The minimum absolute atomic E-state index is 0.109. The van der Waals surface area contributed by atoms with Crippen LogP contribution in [0.1, 0.15) is 12.0 Å². The average Bonchev–Trinajstić information content (AvgIpc) is 2.80. The molecular formula is C14H16N2O2. The normalized spacial score (nSPS) is 13.0. The van der Waals surface area contributed by atoms with Gasteiger partial charge in [0.05, 0.1) is 0 Å². The van der Waals surface area contributed by atoms with Crippen molar-refractivity contribution in [3.8, 4) is 0 Å². The maximum Gasteiger partial charge on any atom is 0.236 e. The van der Waals surface area contributed by atoms with E-state index in [0.29, 0.717) is 13.1 Å². The molecule has 1 aliphatic rings. The van der Waals surface area contributed by atoms with Crippen LogP contribution in [0.3, 0.4) is 0 Å². The maximum absolute atomic E-state index is 12.0. The molecule has 1 aromatic carbocycles. The SMILES string of the molecule is C=CCNC(=O)CC(=O)N1CCc2ccccc21. The first-order valence-electron chi connectivity index (χ1n) is 5.98. The van der Waals surface area contributed by atoms with Crippen LogP contribution in [0.5, 0.6) is 0 Å². The lowest BCUT2D eigenvalue weighted by atomic mass is 10.2. The van der Waals surface area contributed by atoms with Gasteiger partial charge in [0, 0.05) is 18.8 Å². The predicted molar refractivity (Wildman–Crippen MR) is 70.3 cm³/mol. The summed E-state index contributed by atoms with van der Waals surface area (Å²) in [5.41, 5.74) is 2.09. The maximum atomic E-state index is 12.0. The summed E-state index contributed by atoms with van der Waals surface area (Å²) in [6.07, 6.45) is 2.34. The second kappa shape index (κ2) is 5.49. The monoisotopic (exact) mass is 244 g/mol. The van der Waals surface area contributed by atoms with E-state index in [2.05, 4.69) is 11.9 Å². The van der Waals surface area contributed by atoms with Gasteiger partial charge in [-0.15, -0.1) is 6.58 Å². The number of nitrogens with zero attached hydrogens (tertiary/aromatic N) is 1. The molecular weight excluding hydrogens is 228 g/mol. The Morgan fingerprint density at radius 2 is 2.17 bits per heavy atom. The van der Waals surface area contributed by atoms with Crippen molar-refractivity contribution in [2.45, 2.75) is 12.8 Å². The van der Waals surface area contributed by atoms with E-state index in [1.807, 2.05) is 24.3 Å². The molecule has 0 spiro atoms. The molecule has 0 bridgehead atoms. The van der Waals surface area contributed by atoms with Gasteiger partial charge in [-0.2, -0.15) is 0 Å². The lowest BCUT2D eigenvalue weighted by Gasteiger charge is -2.16. The van der Waals surface area contributed by atoms with E-state index in [1.54, 1.807) is 11.0 Å². The van der Waals surface area contributed by atoms with Gasteiger partial charge in [-0.3, -0.25) is 9.59 Å². The molecule has 0 fully saturated rings. The van der Waals surface area contributed by atoms with Crippen molar-refractivity contribution in [1.29, 1.82) is 0 Å². The Hall–Kier alpha value is -2.10. The number of para-hydroxylation sites is 1. The minimum atomic E-state index is -0.260. The highest BCUT2D eigenvalue weighted by Crippen LogP contribution is 2.27. The molecule has 1 heterocycles. The van der Waals surface area contributed by atoms with Crippen molar-refractivity contribution in [2.24, 2.45) is 0 Å². The predicted octanol–water partition coefficient (Wildman–Crippen LogP) is 1.27. The smallest absolute Gasteiger partial charge is 0.236 e. The Balaban J connectivity index is 1.99. The molecule has 1 aromatic rings. The lowest BCUT2D eigenvalue weighted by Crippen LogP contribution is -2.34. The van der Waals surface area contributed by atoms with Crippen LogP contribution < -0.4 is 10.2 Å². The molecule has 4 heteroatoms. The molecule has 4 nitrogen and oxygen atoms in total. The summed E-state index contributed by atoms with van der Waals surface area (Å²) in [4.78, 5) is 25.2. The fourth-order valence-corrected chi connectivity index (χ4v) is 2.08. The molecule has 1 N–H and O–H groups in total. The van der Waals surface area contributed by atoms with Gasteiger partial charge in [-0.25, -0.2) is 0 Å².